The van der Waals surface area contributed by atoms with Gasteiger partial charge < -0.3 is 15.7 Å². The van der Waals surface area contributed by atoms with Crippen molar-refractivity contribution in [2.45, 2.75) is 12.8 Å². The molecule has 0 aromatic heterocycles. The van der Waals surface area contributed by atoms with Gasteiger partial charge >= 0.3 is 5.97 Å². The first-order valence-electron chi connectivity index (χ1n) is 4.51. The highest BCUT2D eigenvalue weighted by molar-refractivity contribution is 5.77. The number of hydrogen-bond acceptors (Lipinski definition) is 3. The Morgan fingerprint density at radius 2 is 2.29 bits per heavy atom. The van der Waals surface area contributed by atoms with Gasteiger partial charge in [0.2, 0.25) is 5.91 Å². The van der Waals surface area contributed by atoms with E-state index in [2.05, 4.69) is 0 Å². The van der Waals surface area contributed by atoms with E-state index in [1.807, 2.05) is 17.2 Å². The fourth-order valence-electron chi connectivity index (χ4n) is 1.40. The number of hydrogen-bond donors (Lipinski definition) is 2. The summed E-state index contributed by atoms with van der Waals surface area (Å²) in [5, 5.41) is 8.48. The molecule has 0 aliphatic carbocycles. The van der Waals surface area contributed by atoms with Crippen LogP contribution in [0, 0.1) is 5.92 Å². The van der Waals surface area contributed by atoms with Crippen LogP contribution in [-0.2, 0) is 9.59 Å². The van der Waals surface area contributed by atoms with Gasteiger partial charge in [0, 0.05) is 13.1 Å². The van der Waals surface area contributed by atoms with E-state index in [1.165, 1.54) is 0 Å². The third kappa shape index (κ3) is 3.08. The summed E-state index contributed by atoms with van der Waals surface area (Å²) < 4.78 is 0. The normalized spacial score (nSPS) is 20.9. The van der Waals surface area contributed by atoms with E-state index in [1.54, 1.807) is 0 Å². The molecule has 1 heterocycles. The van der Waals surface area contributed by atoms with Gasteiger partial charge in [-0.15, -0.1) is 0 Å². The van der Waals surface area contributed by atoms with Crippen molar-refractivity contribution >= 4 is 11.9 Å². The van der Waals surface area contributed by atoms with E-state index in [0.29, 0.717) is 19.5 Å². The van der Waals surface area contributed by atoms with Crippen molar-refractivity contribution in [1.29, 1.82) is 0 Å². The molecule has 0 saturated carbocycles. The lowest BCUT2D eigenvalue weighted by Gasteiger charge is -2.27. The number of rotatable bonds is 4. The summed E-state index contributed by atoms with van der Waals surface area (Å²) in [5.41, 5.74) is 5.17. The molecule has 1 amide bonds. The number of carbonyl (C=O) groups excluding carboxylic acids is 1. The maximum atomic E-state index is 10.9. The number of primary amides is 1. The fourth-order valence-corrected chi connectivity index (χ4v) is 1.40. The third-order valence-electron chi connectivity index (χ3n) is 2.21. The van der Waals surface area contributed by atoms with E-state index in [4.69, 9.17) is 10.8 Å². The average Bonchev–Trinajstić information content (AvgIpc) is 2.15. The lowest BCUT2D eigenvalue weighted by Crippen LogP contribution is -2.36. The van der Waals surface area contributed by atoms with Gasteiger partial charge in [0.05, 0.1) is 12.3 Å². The summed E-state index contributed by atoms with van der Waals surface area (Å²) in [5.74, 6) is -1.34. The number of amides is 1. The number of nitrogens with two attached hydrogens (primary N) is 1. The molecule has 1 rings (SSSR count). The summed E-state index contributed by atoms with van der Waals surface area (Å²) in [6.45, 7) is 0.953. The summed E-state index contributed by atoms with van der Waals surface area (Å²) in [6.07, 6.45) is 4.40. The highest BCUT2D eigenvalue weighted by Gasteiger charge is 2.19. The van der Waals surface area contributed by atoms with Gasteiger partial charge in [0.15, 0.2) is 0 Å². The molecule has 0 bridgehead atoms. The Balaban J connectivity index is 2.40. The number of allylic oxidation sites excluding steroid dienone is 1. The van der Waals surface area contributed by atoms with Crippen molar-refractivity contribution in [3.63, 3.8) is 0 Å². The molecular weight excluding hydrogens is 184 g/mol. The van der Waals surface area contributed by atoms with Crippen LogP contribution in [0.4, 0.5) is 0 Å². The minimum Gasteiger partial charge on any atom is -0.481 e. The summed E-state index contributed by atoms with van der Waals surface area (Å²) in [6, 6.07) is 0. The molecule has 78 valence electrons. The highest BCUT2D eigenvalue weighted by Crippen LogP contribution is 2.13. The molecule has 0 radical (unpaired) electrons. The van der Waals surface area contributed by atoms with Crippen LogP contribution in [0.5, 0.6) is 0 Å². The predicted octanol–water partition coefficient (Wildman–Crippen LogP) is -0.218. The van der Waals surface area contributed by atoms with Crippen LogP contribution in [0.3, 0.4) is 0 Å². The maximum absolute atomic E-state index is 10.9. The number of aliphatic carboxylic acids is 1. The molecule has 3 N–H and O–H groups in total. The number of carboxylic acid groups (broad SMARTS) is 1. The standard InChI is InChI=1S/C9H14N2O3/c10-9(14)7-2-1-4-11(6-7)5-3-8(12)13/h1,4,7H,2-3,5-6H2,(H2,10,14)(H,12,13). The molecule has 1 unspecified atom stereocenters. The quantitative estimate of drug-likeness (QED) is 0.654. The van der Waals surface area contributed by atoms with Crippen LogP contribution in [0.2, 0.25) is 0 Å². The van der Waals surface area contributed by atoms with Crippen LogP contribution in [0.1, 0.15) is 12.8 Å². The van der Waals surface area contributed by atoms with Crippen molar-refractivity contribution in [1.82, 2.24) is 4.90 Å². The van der Waals surface area contributed by atoms with Gasteiger partial charge in [-0.2, -0.15) is 0 Å². The molecule has 0 saturated heterocycles. The zero-order valence-electron chi connectivity index (χ0n) is 7.85. The van der Waals surface area contributed by atoms with Crippen molar-refractivity contribution in [3.8, 4) is 0 Å². The Morgan fingerprint density at radius 1 is 1.57 bits per heavy atom. The van der Waals surface area contributed by atoms with Gasteiger partial charge in [0.25, 0.3) is 0 Å². The molecule has 5 nitrogen and oxygen atoms in total. The Hall–Kier alpha value is -1.52. The lowest BCUT2D eigenvalue weighted by molar-refractivity contribution is -0.137. The van der Waals surface area contributed by atoms with E-state index in [-0.39, 0.29) is 18.2 Å². The second kappa shape index (κ2) is 4.64. The maximum Gasteiger partial charge on any atom is 0.305 e. The summed E-state index contributed by atoms with van der Waals surface area (Å²) in [4.78, 5) is 23.0. The molecule has 5 heteroatoms. The number of carbonyl (C=O) groups is 2. The van der Waals surface area contributed by atoms with Crippen molar-refractivity contribution in [3.05, 3.63) is 12.3 Å². The van der Waals surface area contributed by atoms with E-state index < -0.39 is 5.97 Å². The molecule has 0 fully saturated rings. The molecule has 14 heavy (non-hydrogen) atoms. The number of carboxylic acids is 1. The average molecular weight is 198 g/mol. The molecular formula is C9H14N2O3. The van der Waals surface area contributed by atoms with Crippen LogP contribution in [0.15, 0.2) is 12.3 Å². The topological polar surface area (TPSA) is 83.6 Å². The molecule has 0 spiro atoms. The smallest absolute Gasteiger partial charge is 0.305 e. The van der Waals surface area contributed by atoms with E-state index in [9.17, 15) is 9.59 Å². The second-order valence-electron chi connectivity index (χ2n) is 3.36. The zero-order valence-corrected chi connectivity index (χ0v) is 7.85. The van der Waals surface area contributed by atoms with Gasteiger partial charge in [-0.1, -0.05) is 6.08 Å². The Labute approximate surface area is 82.2 Å². The highest BCUT2D eigenvalue weighted by atomic mass is 16.4. The Kier molecular flexibility index (Phi) is 3.50. The largest absolute Gasteiger partial charge is 0.481 e. The van der Waals surface area contributed by atoms with Crippen molar-refractivity contribution in [2.24, 2.45) is 11.7 Å². The van der Waals surface area contributed by atoms with Crippen molar-refractivity contribution < 1.29 is 14.7 Å². The molecule has 0 aromatic carbocycles. The van der Waals surface area contributed by atoms with Crippen LogP contribution in [-0.4, -0.2) is 35.0 Å². The first kappa shape index (κ1) is 10.6. The lowest BCUT2D eigenvalue weighted by atomic mass is 10.0. The molecule has 0 aromatic rings. The molecule has 1 aliphatic heterocycles. The summed E-state index contributed by atoms with van der Waals surface area (Å²) in [7, 11) is 0. The monoisotopic (exact) mass is 198 g/mol. The SMILES string of the molecule is NC(=O)C1CC=CN(CCC(=O)O)C1. The van der Waals surface area contributed by atoms with Gasteiger partial charge in [-0.3, -0.25) is 9.59 Å². The second-order valence-corrected chi connectivity index (χ2v) is 3.36. The van der Waals surface area contributed by atoms with Gasteiger partial charge in [-0.05, 0) is 12.6 Å². The predicted molar refractivity (Wildman–Crippen MR) is 50.3 cm³/mol. The van der Waals surface area contributed by atoms with Crippen LogP contribution in [0.25, 0.3) is 0 Å². The molecule has 1 atom stereocenters. The van der Waals surface area contributed by atoms with Crippen LogP contribution < -0.4 is 5.73 Å². The first-order chi connectivity index (χ1) is 6.59. The Morgan fingerprint density at radius 3 is 2.86 bits per heavy atom. The van der Waals surface area contributed by atoms with E-state index >= 15 is 0 Å². The minimum absolute atomic E-state index is 0.0792. The van der Waals surface area contributed by atoms with Crippen molar-refractivity contribution in [2.75, 3.05) is 13.1 Å². The van der Waals surface area contributed by atoms with Gasteiger partial charge in [0.1, 0.15) is 0 Å². The molecule has 1 aliphatic rings. The van der Waals surface area contributed by atoms with Gasteiger partial charge in [-0.25, -0.2) is 0 Å². The number of nitrogens with zero attached hydrogens (tertiary/aromatic N) is 1. The third-order valence-corrected chi connectivity index (χ3v) is 2.21. The zero-order chi connectivity index (χ0) is 10.6. The Bertz CT molecular complexity index is 263. The fraction of sp³-hybridized carbons (Fsp3) is 0.556. The van der Waals surface area contributed by atoms with Crippen LogP contribution >= 0.6 is 0 Å². The first-order valence-corrected chi connectivity index (χ1v) is 4.51. The minimum atomic E-state index is -0.834. The van der Waals surface area contributed by atoms with E-state index in [0.717, 1.165) is 0 Å². The summed E-state index contributed by atoms with van der Waals surface area (Å²) >= 11 is 0.